The summed E-state index contributed by atoms with van der Waals surface area (Å²) in [7, 11) is 0. The second-order valence-electron chi connectivity index (χ2n) is 9.86. The summed E-state index contributed by atoms with van der Waals surface area (Å²) >= 11 is 1.63. The largest absolute Gasteiger partial charge is 0.486 e. The molecule has 2 fully saturated rings. The SMILES string of the molecule is CC(C)c1ccccc1OCc1nc(CN(CCN2CCCCC2)C(=O)C2CCCC2)cs1. The number of thiazole rings is 1. The van der Waals surface area contributed by atoms with Gasteiger partial charge in [0.15, 0.2) is 0 Å². The van der Waals surface area contributed by atoms with Crippen LogP contribution in [0.15, 0.2) is 29.6 Å². The number of carbonyl (C=O) groups is 1. The van der Waals surface area contributed by atoms with Crippen molar-refractivity contribution in [2.75, 3.05) is 26.2 Å². The van der Waals surface area contributed by atoms with E-state index in [1.165, 1.54) is 50.8 Å². The van der Waals surface area contributed by atoms with E-state index in [-0.39, 0.29) is 5.92 Å². The summed E-state index contributed by atoms with van der Waals surface area (Å²) in [5, 5.41) is 3.07. The van der Waals surface area contributed by atoms with Gasteiger partial charge in [-0.05, 0) is 56.3 Å². The van der Waals surface area contributed by atoms with Crippen molar-refractivity contribution in [3.8, 4) is 5.75 Å². The Hall–Kier alpha value is -1.92. The Morgan fingerprint density at radius 1 is 1.15 bits per heavy atom. The van der Waals surface area contributed by atoms with Crippen LogP contribution in [-0.4, -0.2) is 46.9 Å². The summed E-state index contributed by atoms with van der Waals surface area (Å²) in [6.45, 7) is 9.57. The Kier molecular flexibility index (Phi) is 8.79. The number of aromatic nitrogens is 1. The Morgan fingerprint density at radius 2 is 1.91 bits per heavy atom. The molecule has 0 bridgehead atoms. The van der Waals surface area contributed by atoms with Crippen LogP contribution < -0.4 is 4.74 Å². The van der Waals surface area contributed by atoms with Gasteiger partial charge in [-0.15, -0.1) is 11.3 Å². The molecular weight excluding hydrogens is 430 g/mol. The molecular formula is C27H39N3O2S. The van der Waals surface area contributed by atoms with Crippen molar-refractivity contribution in [1.82, 2.24) is 14.8 Å². The van der Waals surface area contributed by atoms with E-state index in [0.717, 1.165) is 42.4 Å². The number of likely N-dealkylation sites (tertiary alicyclic amines) is 1. The van der Waals surface area contributed by atoms with Crippen molar-refractivity contribution in [3.05, 3.63) is 45.9 Å². The Labute approximate surface area is 203 Å². The maximum atomic E-state index is 13.3. The summed E-state index contributed by atoms with van der Waals surface area (Å²) in [6.07, 6.45) is 8.37. The minimum absolute atomic E-state index is 0.209. The fraction of sp³-hybridized carbons (Fsp3) is 0.630. The van der Waals surface area contributed by atoms with Crippen molar-refractivity contribution >= 4 is 17.2 Å². The lowest BCUT2D eigenvalue weighted by Crippen LogP contribution is -2.42. The highest BCUT2D eigenvalue weighted by atomic mass is 32.1. The van der Waals surface area contributed by atoms with Crippen LogP contribution in [0.2, 0.25) is 0 Å². The molecule has 0 atom stereocenters. The zero-order valence-corrected chi connectivity index (χ0v) is 21.1. The van der Waals surface area contributed by atoms with Crippen LogP contribution in [-0.2, 0) is 17.9 Å². The smallest absolute Gasteiger partial charge is 0.226 e. The Morgan fingerprint density at radius 3 is 2.67 bits per heavy atom. The fourth-order valence-corrected chi connectivity index (χ4v) is 5.75. The van der Waals surface area contributed by atoms with Gasteiger partial charge in [0.1, 0.15) is 17.4 Å². The lowest BCUT2D eigenvalue weighted by atomic mass is 10.0. The second kappa shape index (κ2) is 12.0. The minimum atomic E-state index is 0.209. The maximum Gasteiger partial charge on any atom is 0.226 e. The molecule has 1 aliphatic heterocycles. The lowest BCUT2D eigenvalue weighted by Gasteiger charge is -2.31. The molecule has 1 aromatic carbocycles. The number of amides is 1. The molecule has 5 nitrogen and oxygen atoms in total. The summed E-state index contributed by atoms with van der Waals surface area (Å²) in [5.41, 5.74) is 2.21. The molecule has 1 aliphatic carbocycles. The van der Waals surface area contributed by atoms with Gasteiger partial charge >= 0.3 is 0 Å². The van der Waals surface area contributed by atoms with Crippen molar-refractivity contribution in [1.29, 1.82) is 0 Å². The molecule has 2 aromatic rings. The molecule has 0 spiro atoms. The Bertz CT molecular complexity index is 885. The van der Waals surface area contributed by atoms with Crippen molar-refractivity contribution in [2.24, 2.45) is 5.92 Å². The number of para-hydroxylation sites is 1. The van der Waals surface area contributed by atoms with Gasteiger partial charge in [0.05, 0.1) is 12.2 Å². The molecule has 0 radical (unpaired) electrons. The molecule has 1 saturated heterocycles. The van der Waals surface area contributed by atoms with Gasteiger partial charge in [0, 0.05) is 24.4 Å². The number of rotatable bonds is 10. The second-order valence-corrected chi connectivity index (χ2v) is 10.8. The standard InChI is InChI=1S/C27H39N3O2S/c1-21(2)24-12-6-7-13-25(24)32-19-26-28-23(20-33-26)18-30(27(31)22-10-4-5-11-22)17-16-29-14-8-3-9-15-29/h6-7,12-13,20-22H,3-5,8-11,14-19H2,1-2H3. The highest BCUT2D eigenvalue weighted by Gasteiger charge is 2.28. The maximum absolute atomic E-state index is 13.3. The first kappa shape index (κ1) is 24.2. The summed E-state index contributed by atoms with van der Waals surface area (Å²) in [6, 6.07) is 8.24. The zero-order chi connectivity index (χ0) is 23.0. The van der Waals surface area contributed by atoms with E-state index in [4.69, 9.17) is 9.72 Å². The molecule has 6 heteroatoms. The van der Waals surface area contributed by atoms with Crippen LogP contribution in [0.5, 0.6) is 5.75 Å². The zero-order valence-electron chi connectivity index (χ0n) is 20.3. The fourth-order valence-electron chi connectivity index (χ4n) is 5.06. The quantitative estimate of drug-likeness (QED) is 0.438. The van der Waals surface area contributed by atoms with Crippen LogP contribution in [0.1, 0.15) is 81.0 Å². The van der Waals surface area contributed by atoms with Gasteiger partial charge in [0.2, 0.25) is 5.91 Å². The molecule has 180 valence electrons. The first-order valence-electron chi connectivity index (χ1n) is 12.8. The third kappa shape index (κ3) is 6.80. The van der Waals surface area contributed by atoms with E-state index in [1.54, 1.807) is 11.3 Å². The van der Waals surface area contributed by atoms with Crippen LogP contribution in [0.25, 0.3) is 0 Å². The van der Waals surface area contributed by atoms with Crippen LogP contribution in [0.3, 0.4) is 0 Å². The van der Waals surface area contributed by atoms with E-state index in [2.05, 4.69) is 41.2 Å². The predicted molar refractivity (Wildman–Crippen MR) is 135 cm³/mol. The van der Waals surface area contributed by atoms with Gasteiger partial charge in [-0.25, -0.2) is 4.98 Å². The highest BCUT2D eigenvalue weighted by molar-refractivity contribution is 7.09. The number of piperidine rings is 1. The molecule has 0 N–H and O–H groups in total. The van der Waals surface area contributed by atoms with Crippen LogP contribution >= 0.6 is 11.3 Å². The number of carbonyl (C=O) groups excluding carboxylic acids is 1. The van der Waals surface area contributed by atoms with Gasteiger partial charge in [-0.1, -0.05) is 51.3 Å². The summed E-state index contributed by atoms with van der Waals surface area (Å²) in [5.74, 6) is 1.90. The number of hydrogen-bond donors (Lipinski definition) is 0. The molecule has 1 amide bonds. The average Bonchev–Trinajstić information content (AvgIpc) is 3.53. The number of nitrogens with zero attached hydrogens (tertiary/aromatic N) is 3. The van der Waals surface area contributed by atoms with E-state index in [1.807, 2.05) is 12.1 Å². The van der Waals surface area contributed by atoms with Crippen molar-refractivity contribution in [2.45, 2.75) is 77.9 Å². The van der Waals surface area contributed by atoms with Gasteiger partial charge in [-0.2, -0.15) is 0 Å². The average molecular weight is 470 g/mol. The monoisotopic (exact) mass is 469 g/mol. The molecule has 1 aromatic heterocycles. The third-order valence-corrected chi connectivity index (χ3v) is 7.87. The van der Waals surface area contributed by atoms with E-state index < -0.39 is 0 Å². The third-order valence-electron chi connectivity index (χ3n) is 7.00. The molecule has 2 aliphatic rings. The minimum Gasteiger partial charge on any atom is -0.486 e. The first-order chi connectivity index (χ1) is 16.1. The summed E-state index contributed by atoms with van der Waals surface area (Å²) in [4.78, 5) is 22.7. The van der Waals surface area contributed by atoms with E-state index in [9.17, 15) is 4.79 Å². The summed E-state index contributed by atoms with van der Waals surface area (Å²) < 4.78 is 6.12. The Balaban J connectivity index is 1.37. The number of benzene rings is 1. The van der Waals surface area contributed by atoms with Crippen molar-refractivity contribution in [3.63, 3.8) is 0 Å². The molecule has 4 rings (SSSR count). The van der Waals surface area contributed by atoms with Gasteiger partial charge in [-0.3, -0.25) is 4.79 Å². The lowest BCUT2D eigenvalue weighted by molar-refractivity contribution is -0.136. The van der Waals surface area contributed by atoms with Crippen LogP contribution in [0, 0.1) is 5.92 Å². The molecule has 0 unspecified atom stereocenters. The van der Waals surface area contributed by atoms with E-state index in [0.29, 0.717) is 25.0 Å². The molecule has 1 saturated carbocycles. The number of ether oxygens (including phenoxy) is 1. The van der Waals surface area contributed by atoms with E-state index >= 15 is 0 Å². The van der Waals surface area contributed by atoms with Gasteiger partial charge < -0.3 is 14.5 Å². The first-order valence-corrected chi connectivity index (χ1v) is 13.6. The predicted octanol–water partition coefficient (Wildman–Crippen LogP) is 5.85. The highest BCUT2D eigenvalue weighted by Crippen LogP contribution is 2.28. The molecule has 2 heterocycles. The van der Waals surface area contributed by atoms with Crippen LogP contribution in [0.4, 0.5) is 0 Å². The number of hydrogen-bond acceptors (Lipinski definition) is 5. The van der Waals surface area contributed by atoms with Gasteiger partial charge in [0.25, 0.3) is 0 Å². The topological polar surface area (TPSA) is 45.7 Å². The normalized spacial score (nSPS) is 17.5. The van der Waals surface area contributed by atoms with Crippen molar-refractivity contribution < 1.29 is 9.53 Å². The molecule has 33 heavy (non-hydrogen) atoms.